The average molecular weight is 244 g/mol. The second-order valence-electron chi connectivity index (χ2n) is 2.89. The molecule has 0 aliphatic heterocycles. The number of carbonyl (C=O) groups is 1. The van der Waals surface area contributed by atoms with Crippen LogP contribution in [0.15, 0.2) is 17.1 Å². The van der Waals surface area contributed by atoms with Crippen LogP contribution >= 0.6 is 0 Å². The first kappa shape index (κ1) is 21.3. The van der Waals surface area contributed by atoms with Gasteiger partial charge in [0.15, 0.2) is 0 Å². The Kier molecular flexibility index (Phi) is 21.9. The van der Waals surface area contributed by atoms with Gasteiger partial charge in [-0.2, -0.15) is 0 Å². The molecular formula is C14H32N2O. The largest absolute Gasteiger partial charge is 0.321 e. The summed E-state index contributed by atoms with van der Waals surface area (Å²) in [7, 11) is 0. The van der Waals surface area contributed by atoms with Crippen molar-refractivity contribution in [2.45, 2.75) is 60.9 Å². The number of nitrogens with zero attached hydrogens (tertiary/aromatic N) is 1. The van der Waals surface area contributed by atoms with Crippen LogP contribution < -0.4 is 5.73 Å². The second-order valence-corrected chi connectivity index (χ2v) is 2.89. The van der Waals surface area contributed by atoms with Gasteiger partial charge in [-0.25, -0.2) is 0 Å². The van der Waals surface area contributed by atoms with Crippen molar-refractivity contribution in [3.05, 3.63) is 12.2 Å². The molecule has 3 nitrogen and oxygen atoms in total. The molecule has 0 amide bonds. The van der Waals surface area contributed by atoms with Crippen molar-refractivity contribution >= 4 is 11.5 Å². The van der Waals surface area contributed by atoms with Gasteiger partial charge in [0.2, 0.25) is 0 Å². The van der Waals surface area contributed by atoms with E-state index in [1.54, 1.807) is 0 Å². The molecule has 17 heavy (non-hydrogen) atoms. The van der Waals surface area contributed by atoms with Gasteiger partial charge in [-0.05, 0) is 26.8 Å². The zero-order valence-electron chi connectivity index (χ0n) is 12.6. The number of hydrogen-bond donors (Lipinski definition) is 1. The predicted molar refractivity (Wildman–Crippen MR) is 80.9 cm³/mol. The van der Waals surface area contributed by atoms with Crippen molar-refractivity contribution in [2.24, 2.45) is 10.7 Å². The highest BCUT2D eigenvalue weighted by Gasteiger charge is 2.09. The van der Waals surface area contributed by atoms with E-state index in [9.17, 15) is 4.79 Å². The highest BCUT2D eigenvalue weighted by Crippen LogP contribution is 1.96. The Morgan fingerprint density at radius 1 is 1.35 bits per heavy atom. The quantitative estimate of drug-likeness (QED) is 0.751. The zero-order valence-corrected chi connectivity index (χ0v) is 12.6. The Morgan fingerprint density at radius 2 is 1.82 bits per heavy atom. The van der Waals surface area contributed by atoms with E-state index in [2.05, 4.69) is 4.99 Å². The molecule has 0 aromatic carbocycles. The van der Waals surface area contributed by atoms with Gasteiger partial charge >= 0.3 is 0 Å². The fourth-order valence-electron chi connectivity index (χ4n) is 0.950. The molecule has 1 atom stereocenters. The van der Waals surface area contributed by atoms with E-state index in [1.807, 2.05) is 53.7 Å². The van der Waals surface area contributed by atoms with Crippen molar-refractivity contribution in [1.82, 2.24) is 0 Å². The molecule has 0 saturated heterocycles. The number of allylic oxidation sites excluding steroid dienone is 2. The normalized spacial score (nSPS) is 12.1. The van der Waals surface area contributed by atoms with Crippen LogP contribution in [-0.4, -0.2) is 24.1 Å². The maximum Gasteiger partial charge on any atom is 0.146 e. The van der Waals surface area contributed by atoms with Gasteiger partial charge in [-0.3, -0.25) is 9.79 Å². The maximum absolute atomic E-state index is 10.9. The molecule has 3 heteroatoms. The van der Waals surface area contributed by atoms with Gasteiger partial charge < -0.3 is 5.73 Å². The number of carbonyl (C=O) groups excluding carboxylic acids is 1. The molecule has 0 saturated carbocycles. The Bertz CT molecular complexity index is 226. The van der Waals surface area contributed by atoms with Crippen molar-refractivity contribution < 1.29 is 6.22 Å². The van der Waals surface area contributed by atoms with Crippen molar-refractivity contribution in [2.75, 3.05) is 6.54 Å². The van der Waals surface area contributed by atoms with Crippen LogP contribution in [0.4, 0.5) is 0 Å². The molecule has 104 valence electrons. The summed E-state index contributed by atoms with van der Waals surface area (Å²) in [5.74, 6) is 0.00769. The van der Waals surface area contributed by atoms with Crippen molar-refractivity contribution in [3.63, 3.8) is 0 Å². The molecule has 0 bridgehead atoms. The van der Waals surface area contributed by atoms with Crippen LogP contribution in [0.5, 0.6) is 0 Å². The van der Waals surface area contributed by atoms with Crippen LogP contribution in [0, 0.1) is 0 Å². The SMILES string of the molecule is C/C=C\C(C[C@H](N)C(C)=O)=NCC.CC.CC.[HH]. The highest BCUT2D eigenvalue weighted by atomic mass is 16.1. The van der Waals surface area contributed by atoms with Gasteiger partial charge in [0, 0.05) is 20.1 Å². The zero-order chi connectivity index (χ0) is 14.3. The van der Waals surface area contributed by atoms with Gasteiger partial charge in [0.25, 0.3) is 0 Å². The smallest absolute Gasteiger partial charge is 0.146 e. The number of rotatable bonds is 5. The molecule has 0 aromatic heterocycles. The third-order valence-electron chi connectivity index (χ3n) is 1.67. The lowest BCUT2D eigenvalue weighted by molar-refractivity contribution is -0.118. The Hall–Kier alpha value is -0.960. The lowest BCUT2D eigenvalue weighted by atomic mass is 10.1. The van der Waals surface area contributed by atoms with E-state index >= 15 is 0 Å². The lowest BCUT2D eigenvalue weighted by Gasteiger charge is -2.07. The first-order valence-corrected chi connectivity index (χ1v) is 6.53. The van der Waals surface area contributed by atoms with Gasteiger partial charge in [0.1, 0.15) is 5.78 Å². The summed E-state index contributed by atoms with van der Waals surface area (Å²) in [6.45, 7) is 14.1. The summed E-state index contributed by atoms with van der Waals surface area (Å²) in [4.78, 5) is 15.1. The van der Waals surface area contributed by atoms with E-state index in [0.717, 1.165) is 12.3 Å². The van der Waals surface area contributed by atoms with Gasteiger partial charge in [-0.15, -0.1) is 0 Å². The van der Waals surface area contributed by atoms with E-state index < -0.39 is 6.04 Å². The fraction of sp³-hybridized carbons (Fsp3) is 0.714. The number of ketones is 1. The average Bonchev–Trinajstić information content (AvgIpc) is 2.34. The number of hydrogen-bond acceptors (Lipinski definition) is 3. The lowest BCUT2D eigenvalue weighted by Crippen LogP contribution is -2.30. The number of nitrogens with two attached hydrogens (primary N) is 1. The van der Waals surface area contributed by atoms with Gasteiger partial charge in [-0.1, -0.05) is 33.8 Å². The first-order chi connectivity index (χ1) is 8.11. The van der Waals surface area contributed by atoms with E-state index in [4.69, 9.17) is 5.73 Å². The summed E-state index contributed by atoms with van der Waals surface area (Å²) in [5, 5.41) is 0. The standard InChI is InChI=1S/C10H18N2O.2C2H6.H2/c1-4-6-9(12-5-2)7-10(11)8(3)13;2*1-2;/h4,6,10H,5,7,11H2,1-3H3;2*1-2H3;1H/b6-4-,12-9?;;;/t10-;;;/m0.../s1. The second kappa shape index (κ2) is 17.4. The van der Waals surface area contributed by atoms with Crippen LogP contribution in [0.1, 0.15) is 56.3 Å². The molecule has 0 unspecified atom stereocenters. The third-order valence-corrected chi connectivity index (χ3v) is 1.67. The summed E-state index contributed by atoms with van der Waals surface area (Å²) in [6, 6.07) is -0.415. The van der Waals surface area contributed by atoms with E-state index in [0.29, 0.717) is 6.42 Å². The Morgan fingerprint density at radius 3 is 2.12 bits per heavy atom. The molecule has 2 N–H and O–H groups in total. The van der Waals surface area contributed by atoms with Crippen molar-refractivity contribution in [1.29, 1.82) is 0 Å². The Labute approximate surface area is 109 Å². The van der Waals surface area contributed by atoms with Crippen LogP contribution in [0.25, 0.3) is 0 Å². The molecular weight excluding hydrogens is 212 g/mol. The molecule has 0 aromatic rings. The molecule has 0 radical (unpaired) electrons. The molecule has 0 aliphatic carbocycles. The predicted octanol–water partition coefficient (Wildman–Crippen LogP) is 3.63. The van der Waals surface area contributed by atoms with E-state index in [1.165, 1.54) is 6.92 Å². The van der Waals surface area contributed by atoms with Crippen LogP contribution in [-0.2, 0) is 4.79 Å². The summed E-state index contributed by atoms with van der Waals surface area (Å²) < 4.78 is 0. The minimum Gasteiger partial charge on any atom is -0.321 e. The van der Waals surface area contributed by atoms with Gasteiger partial charge in [0.05, 0.1) is 6.04 Å². The number of aliphatic imine (C=N–C) groups is 1. The van der Waals surface area contributed by atoms with Crippen LogP contribution in [0.3, 0.4) is 0 Å². The topological polar surface area (TPSA) is 55.5 Å². The third kappa shape index (κ3) is 15.0. The monoisotopic (exact) mass is 244 g/mol. The molecule has 0 spiro atoms. The first-order valence-electron chi connectivity index (χ1n) is 6.53. The number of Topliss-reactive ketones (excluding diaryl/α,β-unsaturated/α-hetero) is 1. The molecule has 0 fully saturated rings. The highest BCUT2D eigenvalue weighted by molar-refractivity contribution is 5.98. The summed E-state index contributed by atoms with van der Waals surface area (Å²) in [6.07, 6.45) is 4.33. The molecule has 0 rings (SSSR count). The minimum absolute atomic E-state index is 0. The van der Waals surface area contributed by atoms with E-state index in [-0.39, 0.29) is 7.21 Å². The minimum atomic E-state index is -0.415. The Balaban J connectivity index is -0.000000177. The summed E-state index contributed by atoms with van der Waals surface area (Å²) >= 11 is 0. The summed E-state index contributed by atoms with van der Waals surface area (Å²) in [5.41, 5.74) is 6.51. The maximum atomic E-state index is 10.9. The van der Waals surface area contributed by atoms with Crippen molar-refractivity contribution in [3.8, 4) is 0 Å². The van der Waals surface area contributed by atoms with Crippen LogP contribution in [0.2, 0.25) is 0 Å². The molecule has 0 heterocycles. The fourth-order valence-corrected chi connectivity index (χ4v) is 0.950. The molecule has 0 aliphatic rings.